The fraction of sp³-hybridized carbons (Fsp3) is 0.385. The van der Waals surface area contributed by atoms with Gasteiger partial charge in [-0.15, -0.1) is 0 Å². The highest BCUT2D eigenvalue weighted by Gasteiger charge is 2.34. The lowest BCUT2D eigenvalue weighted by atomic mass is 10.1. The number of aryl methyl sites for hydroxylation is 1. The van der Waals surface area contributed by atoms with Crippen molar-refractivity contribution in [2.75, 3.05) is 6.54 Å². The molecule has 18 heavy (non-hydrogen) atoms. The van der Waals surface area contributed by atoms with E-state index in [4.69, 9.17) is 5.11 Å². The average Bonchev–Trinajstić information content (AvgIpc) is 2.81. The van der Waals surface area contributed by atoms with Gasteiger partial charge < -0.3 is 10.0 Å². The van der Waals surface area contributed by atoms with Gasteiger partial charge in [0.15, 0.2) is 0 Å². The molecule has 1 N–H and O–H groups in total. The van der Waals surface area contributed by atoms with Gasteiger partial charge in [-0.3, -0.25) is 4.79 Å². The molecule has 1 aromatic carbocycles. The van der Waals surface area contributed by atoms with E-state index in [0.717, 1.165) is 16.5 Å². The van der Waals surface area contributed by atoms with Crippen LogP contribution in [0.5, 0.6) is 0 Å². The third kappa shape index (κ3) is 2.41. The Balaban J connectivity index is 2.25. The van der Waals surface area contributed by atoms with E-state index in [9.17, 15) is 9.59 Å². The van der Waals surface area contributed by atoms with Gasteiger partial charge in [-0.1, -0.05) is 22.0 Å². The predicted molar refractivity (Wildman–Crippen MR) is 70.6 cm³/mol. The number of carbonyl (C=O) groups is 2. The monoisotopic (exact) mass is 311 g/mol. The number of halogens is 1. The summed E-state index contributed by atoms with van der Waals surface area (Å²) < 4.78 is 0.861. The van der Waals surface area contributed by atoms with Crippen LogP contribution in [0.4, 0.5) is 0 Å². The molecule has 1 atom stereocenters. The summed E-state index contributed by atoms with van der Waals surface area (Å²) in [6.45, 7) is 2.45. The topological polar surface area (TPSA) is 57.6 Å². The normalized spacial score (nSPS) is 19.0. The lowest BCUT2D eigenvalue weighted by Gasteiger charge is -2.21. The minimum atomic E-state index is -0.924. The Morgan fingerprint density at radius 2 is 2.17 bits per heavy atom. The molecule has 4 nitrogen and oxygen atoms in total. The molecule has 5 heteroatoms. The third-order valence-corrected chi connectivity index (χ3v) is 4.07. The highest BCUT2D eigenvalue weighted by molar-refractivity contribution is 9.10. The van der Waals surface area contributed by atoms with Gasteiger partial charge in [0.05, 0.1) is 0 Å². The number of aliphatic carboxylic acids is 1. The van der Waals surface area contributed by atoms with E-state index in [1.165, 1.54) is 4.90 Å². The molecular weight excluding hydrogens is 298 g/mol. The molecule has 0 bridgehead atoms. The van der Waals surface area contributed by atoms with Crippen LogP contribution in [-0.2, 0) is 4.79 Å². The van der Waals surface area contributed by atoms with Crippen LogP contribution >= 0.6 is 15.9 Å². The van der Waals surface area contributed by atoms with Gasteiger partial charge in [0, 0.05) is 16.6 Å². The van der Waals surface area contributed by atoms with E-state index in [-0.39, 0.29) is 5.91 Å². The van der Waals surface area contributed by atoms with Crippen molar-refractivity contribution in [3.8, 4) is 0 Å². The van der Waals surface area contributed by atoms with Crippen LogP contribution in [0.15, 0.2) is 22.7 Å². The van der Waals surface area contributed by atoms with Crippen molar-refractivity contribution in [2.45, 2.75) is 25.8 Å². The van der Waals surface area contributed by atoms with Crippen LogP contribution in [0, 0.1) is 6.92 Å². The Morgan fingerprint density at radius 3 is 2.78 bits per heavy atom. The molecule has 1 fully saturated rings. The second kappa shape index (κ2) is 5.10. The molecule has 2 rings (SSSR count). The van der Waals surface area contributed by atoms with E-state index in [2.05, 4.69) is 15.9 Å². The van der Waals surface area contributed by atoms with E-state index < -0.39 is 12.0 Å². The van der Waals surface area contributed by atoms with E-state index in [1.54, 1.807) is 12.1 Å². The first-order chi connectivity index (χ1) is 8.50. The largest absolute Gasteiger partial charge is 0.480 e. The zero-order valence-corrected chi connectivity index (χ0v) is 11.6. The number of carboxylic acids is 1. The van der Waals surface area contributed by atoms with Crippen LogP contribution in [0.25, 0.3) is 0 Å². The van der Waals surface area contributed by atoms with Crippen LogP contribution in [0.2, 0.25) is 0 Å². The Kier molecular flexibility index (Phi) is 3.71. The number of rotatable bonds is 2. The second-order valence-corrected chi connectivity index (χ2v) is 5.31. The maximum Gasteiger partial charge on any atom is 0.326 e. The van der Waals surface area contributed by atoms with E-state index in [0.29, 0.717) is 18.5 Å². The maximum atomic E-state index is 12.3. The number of nitrogens with zero attached hydrogens (tertiary/aromatic N) is 1. The summed E-state index contributed by atoms with van der Waals surface area (Å²) in [4.78, 5) is 24.8. The van der Waals surface area contributed by atoms with Gasteiger partial charge in [0.1, 0.15) is 6.04 Å². The van der Waals surface area contributed by atoms with Gasteiger partial charge in [-0.25, -0.2) is 4.79 Å². The number of likely N-dealkylation sites (tertiary alicyclic amines) is 1. The summed E-state index contributed by atoms with van der Waals surface area (Å²) >= 11 is 3.38. The first kappa shape index (κ1) is 13.1. The van der Waals surface area contributed by atoms with Crippen molar-refractivity contribution in [3.05, 3.63) is 33.8 Å². The molecule has 1 aromatic rings. The minimum Gasteiger partial charge on any atom is -0.480 e. The van der Waals surface area contributed by atoms with Crippen molar-refractivity contribution in [1.29, 1.82) is 0 Å². The molecule has 0 saturated carbocycles. The SMILES string of the molecule is Cc1ccc(C(=O)N2CCC[C@H]2C(=O)O)cc1Br. The molecule has 1 saturated heterocycles. The van der Waals surface area contributed by atoms with Crippen LogP contribution in [0.1, 0.15) is 28.8 Å². The number of benzene rings is 1. The van der Waals surface area contributed by atoms with E-state index >= 15 is 0 Å². The standard InChI is InChI=1S/C13H14BrNO3/c1-8-4-5-9(7-10(8)14)12(16)15-6-2-3-11(15)13(17)18/h4-5,7,11H,2-3,6H2,1H3,(H,17,18)/t11-/m0/s1. The van der Waals surface area contributed by atoms with Crippen molar-refractivity contribution >= 4 is 27.8 Å². The Bertz CT molecular complexity index is 501. The van der Waals surface area contributed by atoms with Gasteiger partial charge in [-0.2, -0.15) is 0 Å². The highest BCUT2D eigenvalue weighted by atomic mass is 79.9. The fourth-order valence-electron chi connectivity index (χ4n) is 2.16. The molecule has 0 spiro atoms. The lowest BCUT2D eigenvalue weighted by molar-refractivity contribution is -0.141. The van der Waals surface area contributed by atoms with Crippen molar-refractivity contribution in [1.82, 2.24) is 4.90 Å². The molecular formula is C13H14BrNO3. The molecule has 96 valence electrons. The predicted octanol–water partition coefficient (Wildman–Crippen LogP) is 2.45. The smallest absolute Gasteiger partial charge is 0.326 e. The zero-order valence-electron chi connectivity index (χ0n) is 10.0. The van der Waals surface area contributed by atoms with Crippen LogP contribution in [-0.4, -0.2) is 34.5 Å². The molecule has 1 amide bonds. The number of carbonyl (C=O) groups excluding carboxylic acids is 1. The lowest BCUT2D eigenvalue weighted by Crippen LogP contribution is -2.40. The number of hydrogen-bond acceptors (Lipinski definition) is 2. The van der Waals surface area contributed by atoms with Crippen molar-refractivity contribution < 1.29 is 14.7 Å². The first-order valence-corrected chi connectivity index (χ1v) is 6.60. The maximum absolute atomic E-state index is 12.3. The summed E-state index contributed by atoms with van der Waals surface area (Å²) in [7, 11) is 0. The molecule has 0 radical (unpaired) electrons. The molecule has 1 aliphatic rings. The number of carboxylic acid groups (broad SMARTS) is 1. The van der Waals surface area contributed by atoms with Gasteiger partial charge in [0.25, 0.3) is 5.91 Å². The first-order valence-electron chi connectivity index (χ1n) is 5.80. The number of hydrogen-bond donors (Lipinski definition) is 1. The number of amides is 1. The summed E-state index contributed by atoms with van der Waals surface area (Å²) in [5.74, 6) is -1.13. The molecule has 1 heterocycles. The molecule has 0 unspecified atom stereocenters. The zero-order chi connectivity index (χ0) is 13.3. The summed E-state index contributed by atoms with van der Waals surface area (Å²) in [6.07, 6.45) is 1.28. The van der Waals surface area contributed by atoms with Gasteiger partial charge in [-0.05, 0) is 37.5 Å². The van der Waals surface area contributed by atoms with Gasteiger partial charge in [0.2, 0.25) is 0 Å². The quantitative estimate of drug-likeness (QED) is 0.912. The Hall–Kier alpha value is -1.36. The second-order valence-electron chi connectivity index (χ2n) is 4.46. The highest BCUT2D eigenvalue weighted by Crippen LogP contribution is 2.23. The summed E-state index contributed by atoms with van der Waals surface area (Å²) in [6, 6.07) is 4.65. The minimum absolute atomic E-state index is 0.208. The van der Waals surface area contributed by atoms with Crippen molar-refractivity contribution in [2.24, 2.45) is 0 Å². The third-order valence-electron chi connectivity index (χ3n) is 3.22. The Morgan fingerprint density at radius 1 is 1.44 bits per heavy atom. The Labute approximate surface area is 114 Å². The molecule has 0 aromatic heterocycles. The van der Waals surface area contributed by atoms with Gasteiger partial charge >= 0.3 is 5.97 Å². The molecule has 0 aliphatic carbocycles. The fourth-order valence-corrected chi connectivity index (χ4v) is 2.54. The molecule has 1 aliphatic heterocycles. The average molecular weight is 312 g/mol. The summed E-state index contributed by atoms with van der Waals surface area (Å²) in [5, 5.41) is 9.08. The summed E-state index contributed by atoms with van der Waals surface area (Å²) in [5.41, 5.74) is 1.57. The van der Waals surface area contributed by atoms with Crippen LogP contribution in [0.3, 0.4) is 0 Å². The van der Waals surface area contributed by atoms with Crippen LogP contribution < -0.4 is 0 Å². The van der Waals surface area contributed by atoms with E-state index in [1.807, 2.05) is 13.0 Å². The van der Waals surface area contributed by atoms with Crippen molar-refractivity contribution in [3.63, 3.8) is 0 Å².